The lowest BCUT2D eigenvalue weighted by atomic mass is 9.67. The van der Waals surface area contributed by atoms with Crippen molar-refractivity contribution in [2.24, 2.45) is 0 Å². The Morgan fingerprint density at radius 1 is 0.339 bits per heavy atom. The van der Waals surface area contributed by atoms with Crippen molar-refractivity contribution < 1.29 is 4.42 Å². The standard InChI is InChI=1S/C53H34N2O/c1-5-16-35(17-6-1)48-34-49(36-18-7-2-8-19-36)55-52(54-48)39-21-15-20-37(30-39)38-28-29-50-44(31-38)45-32-43-42-26-13-14-27-46(42)53(40-22-9-3-10-23-40,41-24-11-4-12-25-41)47(43)33-51(45)56-50/h1-34H. The molecular formula is C53H34N2O. The summed E-state index contributed by atoms with van der Waals surface area (Å²) in [5.41, 5.74) is 15.8. The molecule has 0 saturated carbocycles. The molecule has 10 aromatic rings. The first-order valence-electron chi connectivity index (χ1n) is 19.1. The van der Waals surface area contributed by atoms with Crippen LogP contribution in [0.1, 0.15) is 22.3 Å². The minimum atomic E-state index is -0.479. The normalized spacial score (nSPS) is 12.8. The van der Waals surface area contributed by atoms with Gasteiger partial charge in [-0.2, -0.15) is 0 Å². The lowest BCUT2D eigenvalue weighted by molar-refractivity contribution is 0.666. The molecular weight excluding hydrogens is 681 g/mol. The topological polar surface area (TPSA) is 38.9 Å². The van der Waals surface area contributed by atoms with E-state index in [1.807, 2.05) is 36.4 Å². The number of nitrogens with zero attached hydrogens (tertiary/aromatic N) is 2. The SMILES string of the molecule is c1ccc(-c2cc(-c3ccccc3)nc(-c3cccc(-c4ccc5oc6cc7c(cc6c5c4)-c4ccccc4C7(c4ccccc4)c4ccccc4)c3)n2)cc1. The van der Waals surface area contributed by atoms with Gasteiger partial charge < -0.3 is 4.42 Å². The second-order valence-electron chi connectivity index (χ2n) is 14.5. The van der Waals surface area contributed by atoms with Crippen LogP contribution in [-0.4, -0.2) is 9.97 Å². The molecule has 1 aliphatic carbocycles. The highest BCUT2D eigenvalue weighted by atomic mass is 16.3. The van der Waals surface area contributed by atoms with Gasteiger partial charge in [0.05, 0.1) is 16.8 Å². The Hall–Kier alpha value is -7.36. The summed E-state index contributed by atoms with van der Waals surface area (Å²) in [5, 5.41) is 2.20. The molecule has 0 atom stereocenters. The molecule has 0 fully saturated rings. The number of furan rings is 1. The van der Waals surface area contributed by atoms with E-state index in [2.05, 4.69) is 170 Å². The Morgan fingerprint density at radius 2 is 0.875 bits per heavy atom. The Morgan fingerprint density at radius 3 is 1.54 bits per heavy atom. The number of rotatable bonds is 6. The fraction of sp³-hybridized carbons (Fsp3) is 0.0189. The lowest BCUT2D eigenvalue weighted by Crippen LogP contribution is -2.28. The Bertz CT molecular complexity index is 2960. The molecule has 0 N–H and O–H groups in total. The molecule has 0 amide bonds. The summed E-state index contributed by atoms with van der Waals surface area (Å²) in [6.07, 6.45) is 0. The molecule has 56 heavy (non-hydrogen) atoms. The third kappa shape index (κ3) is 5.05. The summed E-state index contributed by atoms with van der Waals surface area (Å²) in [7, 11) is 0. The van der Waals surface area contributed by atoms with Crippen molar-refractivity contribution in [3.8, 4) is 56.2 Å². The number of aromatic nitrogens is 2. The third-order valence-corrected chi connectivity index (χ3v) is 11.4. The summed E-state index contributed by atoms with van der Waals surface area (Å²) >= 11 is 0. The first-order valence-corrected chi connectivity index (χ1v) is 19.1. The van der Waals surface area contributed by atoms with Crippen molar-refractivity contribution in [1.82, 2.24) is 9.97 Å². The van der Waals surface area contributed by atoms with Gasteiger partial charge in [0.2, 0.25) is 0 Å². The van der Waals surface area contributed by atoms with Crippen LogP contribution >= 0.6 is 0 Å². The predicted octanol–water partition coefficient (Wildman–Crippen LogP) is 13.4. The van der Waals surface area contributed by atoms with E-state index in [0.717, 1.165) is 61.1 Å². The maximum atomic E-state index is 6.72. The Labute approximate surface area is 325 Å². The van der Waals surface area contributed by atoms with Crippen molar-refractivity contribution >= 4 is 21.9 Å². The zero-order chi connectivity index (χ0) is 37.1. The van der Waals surface area contributed by atoms with E-state index in [4.69, 9.17) is 14.4 Å². The van der Waals surface area contributed by atoms with Crippen molar-refractivity contribution in [1.29, 1.82) is 0 Å². The van der Waals surface area contributed by atoms with Gasteiger partial charge in [-0.05, 0) is 80.9 Å². The Kier molecular flexibility index (Phi) is 7.39. The van der Waals surface area contributed by atoms with Crippen LogP contribution in [0, 0.1) is 0 Å². The maximum absolute atomic E-state index is 6.72. The van der Waals surface area contributed by atoms with Gasteiger partial charge in [0.1, 0.15) is 11.2 Å². The van der Waals surface area contributed by atoms with E-state index in [9.17, 15) is 0 Å². The van der Waals surface area contributed by atoms with Crippen LogP contribution in [0.5, 0.6) is 0 Å². The van der Waals surface area contributed by atoms with E-state index < -0.39 is 5.41 Å². The summed E-state index contributed by atoms with van der Waals surface area (Å²) in [5.74, 6) is 0.691. The van der Waals surface area contributed by atoms with Gasteiger partial charge in [-0.15, -0.1) is 0 Å². The molecule has 0 spiro atoms. The molecule has 3 nitrogen and oxygen atoms in total. The van der Waals surface area contributed by atoms with Crippen LogP contribution in [0.3, 0.4) is 0 Å². The molecule has 11 rings (SSSR count). The molecule has 0 bridgehead atoms. The summed E-state index contributed by atoms with van der Waals surface area (Å²) in [6, 6.07) is 73.1. The maximum Gasteiger partial charge on any atom is 0.160 e. The zero-order valence-electron chi connectivity index (χ0n) is 30.4. The van der Waals surface area contributed by atoms with E-state index >= 15 is 0 Å². The number of hydrogen-bond acceptors (Lipinski definition) is 3. The largest absolute Gasteiger partial charge is 0.456 e. The molecule has 262 valence electrons. The smallest absolute Gasteiger partial charge is 0.160 e. The lowest BCUT2D eigenvalue weighted by Gasteiger charge is -2.33. The quantitative estimate of drug-likeness (QED) is 0.172. The van der Waals surface area contributed by atoms with Gasteiger partial charge in [0, 0.05) is 27.5 Å². The van der Waals surface area contributed by atoms with Crippen LogP contribution < -0.4 is 0 Å². The number of fused-ring (bicyclic) bond motifs is 6. The monoisotopic (exact) mass is 714 g/mol. The number of hydrogen-bond donors (Lipinski definition) is 0. The molecule has 1 aliphatic rings. The molecule has 0 saturated heterocycles. The van der Waals surface area contributed by atoms with Gasteiger partial charge in [0.25, 0.3) is 0 Å². The molecule has 0 radical (unpaired) electrons. The van der Waals surface area contributed by atoms with Crippen LogP contribution in [-0.2, 0) is 5.41 Å². The van der Waals surface area contributed by atoms with Crippen LogP contribution in [0.15, 0.2) is 211 Å². The average molecular weight is 715 g/mol. The minimum Gasteiger partial charge on any atom is -0.456 e. The molecule has 2 aromatic heterocycles. The molecule has 2 heterocycles. The molecule has 0 aliphatic heterocycles. The fourth-order valence-corrected chi connectivity index (χ4v) is 8.82. The molecule has 0 unspecified atom stereocenters. The molecule has 8 aromatic carbocycles. The second-order valence-corrected chi connectivity index (χ2v) is 14.5. The van der Waals surface area contributed by atoms with Gasteiger partial charge in [0.15, 0.2) is 5.82 Å². The van der Waals surface area contributed by atoms with Crippen LogP contribution in [0.25, 0.3) is 78.1 Å². The second kappa shape index (κ2) is 12.9. The van der Waals surface area contributed by atoms with E-state index in [-0.39, 0.29) is 0 Å². The van der Waals surface area contributed by atoms with Gasteiger partial charge in [-0.1, -0.05) is 170 Å². The fourth-order valence-electron chi connectivity index (χ4n) is 8.82. The highest BCUT2D eigenvalue weighted by Gasteiger charge is 2.46. The van der Waals surface area contributed by atoms with Gasteiger partial charge in [-0.25, -0.2) is 9.97 Å². The first-order chi connectivity index (χ1) is 27.7. The minimum absolute atomic E-state index is 0.479. The van der Waals surface area contributed by atoms with Crippen LogP contribution in [0.2, 0.25) is 0 Å². The third-order valence-electron chi connectivity index (χ3n) is 11.4. The molecule has 3 heteroatoms. The van der Waals surface area contributed by atoms with Crippen molar-refractivity contribution in [2.75, 3.05) is 0 Å². The highest BCUT2D eigenvalue weighted by Crippen LogP contribution is 2.57. The summed E-state index contributed by atoms with van der Waals surface area (Å²) < 4.78 is 6.72. The van der Waals surface area contributed by atoms with Crippen molar-refractivity contribution in [2.45, 2.75) is 5.41 Å². The first kappa shape index (κ1) is 32.1. The van der Waals surface area contributed by atoms with E-state index in [1.54, 1.807) is 0 Å². The van der Waals surface area contributed by atoms with Crippen molar-refractivity contribution in [3.63, 3.8) is 0 Å². The zero-order valence-corrected chi connectivity index (χ0v) is 30.4. The van der Waals surface area contributed by atoms with Crippen molar-refractivity contribution in [3.05, 3.63) is 229 Å². The predicted molar refractivity (Wildman–Crippen MR) is 228 cm³/mol. The van der Waals surface area contributed by atoms with E-state index in [1.165, 1.54) is 33.4 Å². The number of benzene rings is 8. The van der Waals surface area contributed by atoms with E-state index in [0.29, 0.717) is 5.82 Å². The van der Waals surface area contributed by atoms with Gasteiger partial charge in [-0.3, -0.25) is 0 Å². The average Bonchev–Trinajstić information content (AvgIpc) is 3.79. The van der Waals surface area contributed by atoms with Gasteiger partial charge >= 0.3 is 0 Å². The summed E-state index contributed by atoms with van der Waals surface area (Å²) in [6.45, 7) is 0. The van der Waals surface area contributed by atoms with Crippen LogP contribution in [0.4, 0.5) is 0 Å². The summed E-state index contributed by atoms with van der Waals surface area (Å²) in [4.78, 5) is 10.2. The highest BCUT2D eigenvalue weighted by molar-refractivity contribution is 6.09. The Balaban J connectivity index is 1.06.